The van der Waals surface area contributed by atoms with Gasteiger partial charge in [0, 0.05) is 22.8 Å². The van der Waals surface area contributed by atoms with Crippen LogP contribution in [0.15, 0.2) is 75.9 Å². The van der Waals surface area contributed by atoms with Crippen LogP contribution < -0.4 is 5.32 Å². The molecular formula is C20H14BrClN4O2. The molecule has 8 heteroatoms. The molecule has 6 nitrogen and oxygen atoms in total. The second-order valence-corrected chi connectivity index (χ2v) is 7.27. The van der Waals surface area contributed by atoms with Gasteiger partial charge in [-0.3, -0.25) is 9.48 Å². The standard InChI is InChI=1S/C20H14BrClN4O2/c21-15-12-26(11-14-8-4-5-9-16(14)22)24-19(15)23-20(27)17-10-18(28-25-17)13-6-2-1-3-7-13/h1-10,12H,11H2,(H,23,24,27). The normalized spacial score (nSPS) is 10.8. The van der Waals surface area contributed by atoms with Crippen molar-refractivity contribution in [2.75, 3.05) is 5.32 Å². The molecule has 0 aliphatic heterocycles. The first-order valence-corrected chi connectivity index (χ1v) is 9.57. The van der Waals surface area contributed by atoms with Gasteiger partial charge in [-0.05, 0) is 27.6 Å². The molecule has 0 bridgehead atoms. The van der Waals surface area contributed by atoms with Crippen molar-refractivity contribution in [3.8, 4) is 11.3 Å². The van der Waals surface area contributed by atoms with Gasteiger partial charge in [-0.25, -0.2) is 0 Å². The van der Waals surface area contributed by atoms with Crippen LogP contribution in [0.4, 0.5) is 5.82 Å². The number of benzene rings is 2. The van der Waals surface area contributed by atoms with E-state index in [-0.39, 0.29) is 5.69 Å². The second-order valence-electron chi connectivity index (χ2n) is 6.01. The lowest BCUT2D eigenvalue weighted by Crippen LogP contribution is -2.13. The average molecular weight is 458 g/mol. The molecule has 0 aliphatic carbocycles. The maximum absolute atomic E-state index is 12.5. The molecule has 0 unspecified atom stereocenters. The Morgan fingerprint density at radius 3 is 2.68 bits per heavy atom. The molecule has 0 atom stereocenters. The van der Waals surface area contributed by atoms with Crippen LogP contribution in [-0.2, 0) is 6.54 Å². The Bertz CT molecular complexity index is 1120. The number of nitrogens with zero attached hydrogens (tertiary/aromatic N) is 3. The van der Waals surface area contributed by atoms with Crippen molar-refractivity contribution in [2.24, 2.45) is 0 Å². The Morgan fingerprint density at radius 1 is 1.14 bits per heavy atom. The molecule has 0 spiro atoms. The van der Waals surface area contributed by atoms with Crippen molar-refractivity contribution in [3.05, 3.63) is 87.6 Å². The average Bonchev–Trinajstić information content (AvgIpc) is 3.32. The number of halogens is 2. The Labute approximate surface area is 174 Å². The minimum absolute atomic E-state index is 0.173. The Balaban J connectivity index is 1.49. The number of rotatable bonds is 5. The molecule has 4 rings (SSSR count). The number of hydrogen-bond acceptors (Lipinski definition) is 4. The lowest BCUT2D eigenvalue weighted by molar-refractivity contribution is 0.101. The lowest BCUT2D eigenvalue weighted by Gasteiger charge is -2.04. The van der Waals surface area contributed by atoms with Gasteiger partial charge in [0.05, 0.1) is 11.0 Å². The zero-order valence-electron chi connectivity index (χ0n) is 14.5. The van der Waals surface area contributed by atoms with Crippen LogP contribution in [0.1, 0.15) is 16.1 Å². The number of carbonyl (C=O) groups excluding carboxylic acids is 1. The summed E-state index contributed by atoms with van der Waals surface area (Å²) in [5.41, 5.74) is 1.95. The highest BCUT2D eigenvalue weighted by molar-refractivity contribution is 9.10. The molecule has 2 heterocycles. The maximum Gasteiger partial charge on any atom is 0.279 e. The van der Waals surface area contributed by atoms with Gasteiger partial charge in [-0.15, -0.1) is 0 Å². The molecule has 1 amide bonds. The van der Waals surface area contributed by atoms with E-state index in [9.17, 15) is 4.79 Å². The van der Waals surface area contributed by atoms with E-state index in [2.05, 4.69) is 31.5 Å². The molecular weight excluding hydrogens is 444 g/mol. The quantitative estimate of drug-likeness (QED) is 0.444. The molecule has 1 N–H and O–H groups in total. The summed E-state index contributed by atoms with van der Waals surface area (Å²) in [6.07, 6.45) is 1.77. The molecule has 140 valence electrons. The smallest absolute Gasteiger partial charge is 0.279 e. The summed E-state index contributed by atoms with van der Waals surface area (Å²) in [6, 6.07) is 18.6. The molecule has 4 aromatic rings. The Morgan fingerprint density at radius 2 is 1.89 bits per heavy atom. The number of amides is 1. The van der Waals surface area contributed by atoms with Crippen molar-refractivity contribution in [2.45, 2.75) is 6.54 Å². The monoisotopic (exact) mass is 456 g/mol. The summed E-state index contributed by atoms with van der Waals surface area (Å²) in [6.45, 7) is 0.482. The molecule has 2 aromatic carbocycles. The van der Waals surface area contributed by atoms with E-state index in [1.54, 1.807) is 16.9 Å². The van der Waals surface area contributed by atoms with E-state index in [1.165, 1.54) is 0 Å². The van der Waals surface area contributed by atoms with Crippen LogP contribution in [0.3, 0.4) is 0 Å². The van der Waals surface area contributed by atoms with Crippen molar-refractivity contribution in [1.29, 1.82) is 0 Å². The van der Waals surface area contributed by atoms with Gasteiger partial charge in [-0.1, -0.05) is 65.3 Å². The second kappa shape index (κ2) is 8.00. The van der Waals surface area contributed by atoms with Crippen molar-refractivity contribution < 1.29 is 9.32 Å². The lowest BCUT2D eigenvalue weighted by atomic mass is 10.1. The van der Waals surface area contributed by atoms with E-state index in [1.807, 2.05) is 54.6 Å². The van der Waals surface area contributed by atoms with Gasteiger partial charge < -0.3 is 9.84 Å². The van der Waals surface area contributed by atoms with Gasteiger partial charge in [0.2, 0.25) is 0 Å². The third-order valence-corrected chi connectivity index (χ3v) is 4.99. The highest BCUT2D eigenvalue weighted by Gasteiger charge is 2.17. The van der Waals surface area contributed by atoms with E-state index in [0.717, 1.165) is 11.1 Å². The molecule has 0 fully saturated rings. The minimum atomic E-state index is -0.408. The molecule has 2 aromatic heterocycles. The van der Waals surface area contributed by atoms with E-state index >= 15 is 0 Å². The fourth-order valence-corrected chi connectivity index (χ4v) is 3.27. The van der Waals surface area contributed by atoms with Crippen LogP contribution in [0.2, 0.25) is 5.02 Å². The van der Waals surface area contributed by atoms with Gasteiger partial charge in [0.15, 0.2) is 17.3 Å². The Kier molecular flexibility index (Phi) is 5.27. The fourth-order valence-electron chi connectivity index (χ4n) is 2.66. The predicted octanol–water partition coefficient (Wildman–Crippen LogP) is 5.25. The number of carbonyl (C=O) groups is 1. The first kappa shape index (κ1) is 18.5. The highest BCUT2D eigenvalue weighted by atomic mass is 79.9. The number of aromatic nitrogens is 3. The molecule has 28 heavy (non-hydrogen) atoms. The van der Waals surface area contributed by atoms with Gasteiger partial charge >= 0.3 is 0 Å². The van der Waals surface area contributed by atoms with Crippen molar-refractivity contribution in [3.63, 3.8) is 0 Å². The summed E-state index contributed by atoms with van der Waals surface area (Å²) < 4.78 is 7.62. The summed E-state index contributed by atoms with van der Waals surface area (Å²) in [7, 11) is 0. The third-order valence-electron chi connectivity index (χ3n) is 4.04. The van der Waals surface area contributed by atoms with Crippen LogP contribution in [0.25, 0.3) is 11.3 Å². The summed E-state index contributed by atoms with van der Waals surface area (Å²) >= 11 is 9.61. The Hall–Kier alpha value is -2.90. The number of anilines is 1. The molecule has 0 aliphatic rings. The molecule has 0 saturated carbocycles. The summed E-state index contributed by atoms with van der Waals surface area (Å²) in [5, 5.41) is 11.6. The number of hydrogen-bond donors (Lipinski definition) is 1. The predicted molar refractivity (Wildman–Crippen MR) is 110 cm³/mol. The van der Waals surface area contributed by atoms with Gasteiger partial charge in [-0.2, -0.15) is 5.10 Å². The maximum atomic E-state index is 12.5. The first-order valence-electron chi connectivity index (χ1n) is 8.40. The van der Waals surface area contributed by atoms with Crippen LogP contribution in [0, 0.1) is 0 Å². The first-order chi connectivity index (χ1) is 13.6. The molecule has 0 saturated heterocycles. The third kappa shape index (κ3) is 4.00. The SMILES string of the molecule is O=C(Nc1nn(Cc2ccccc2Cl)cc1Br)c1cc(-c2ccccc2)on1. The van der Waals surface area contributed by atoms with Crippen molar-refractivity contribution in [1.82, 2.24) is 14.9 Å². The topological polar surface area (TPSA) is 73.0 Å². The van der Waals surface area contributed by atoms with E-state index < -0.39 is 5.91 Å². The van der Waals surface area contributed by atoms with Gasteiger partial charge in [0.25, 0.3) is 5.91 Å². The number of nitrogens with one attached hydrogen (secondary N) is 1. The van der Waals surface area contributed by atoms with E-state index in [0.29, 0.717) is 27.6 Å². The van der Waals surface area contributed by atoms with E-state index in [4.69, 9.17) is 16.1 Å². The zero-order chi connectivity index (χ0) is 19.5. The largest absolute Gasteiger partial charge is 0.355 e. The van der Waals surface area contributed by atoms with Crippen molar-refractivity contribution >= 4 is 39.3 Å². The van der Waals surface area contributed by atoms with Crippen LogP contribution >= 0.6 is 27.5 Å². The minimum Gasteiger partial charge on any atom is -0.355 e. The zero-order valence-corrected chi connectivity index (χ0v) is 16.8. The van der Waals surface area contributed by atoms with Gasteiger partial charge in [0.1, 0.15) is 0 Å². The fraction of sp³-hybridized carbons (Fsp3) is 0.0500. The van der Waals surface area contributed by atoms with Crippen LogP contribution in [-0.4, -0.2) is 20.8 Å². The summed E-state index contributed by atoms with van der Waals surface area (Å²) in [4.78, 5) is 12.5. The van der Waals surface area contributed by atoms with Crippen LogP contribution in [0.5, 0.6) is 0 Å². The summed E-state index contributed by atoms with van der Waals surface area (Å²) in [5.74, 6) is 0.505. The highest BCUT2D eigenvalue weighted by Crippen LogP contribution is 2.24. The molecule has 0 radical (unpaired) electrons.